The maximum Gasteiger partial charge on any atom is 0.254 e. The fraction of sp³-hybridized carbons (Fsp3) is 0.357. The van der Waals surface area contributed by atoms with Gasteiger partial charge in [0.25, 0.3) is 5.91 Å². The zero-order valence-corrected chi connectivity index (χ0v) is 23.5. The van der Waals surface area contributed by atoms with Crippen LogP contribution in [0.1, 0.15) is 46.6 Å². The van der Waals surface area contributed by atoms with Gasteiger partial charge in [0.05, 0.1) is 16.6 Å². The van der Waals surface area contributed by atoms with Crippen LogP contribution in [0.3, 0.4) is 0 Å². The first-order valence-electron chi connectivity index (χ1n) is 12.2. The monoisotopic (exact) mass is 560 g/mol. The molecule has 0 radical (unpaired) electrons. The lowest BCUT2D eigenvalue weighted by molar-refractivity contribution is -0.133. The van der Waals surface area contributed by atoms with Crippen molar-refractivity contribution in [1.82, 2.24) is 9.80 Å². The van der Waals surface area contributed by atoms with Crippen LogP contribution in [0.15, 0.2) is 47.8 Å². The lowest BCUT2D eigenvalue weighted by atomic mass is 10.1. The summed E-state index contributed by atoms with van der Waals surface area (Å²) in [5, 5.41) is 2.71. The minimum atomic E-state index is -0.248. The Balaban J connectivity index is 1.59. The average Bonchev–Trinajstić information content (AvgIpc) is 3.52. The van der Waals surface area contributed by atoms with Gasteiger partial charge >= 0.3 is 0 Å². The zero-order valence-electron chi connectivity index (χ0n) is 21.1. The van der Waals surface area contributed by atoms with Crippen molar-refractivity contribution in [2.45, 2.75) is 40.3 Å². The second kappa shape index (κ2) is 12.2. The lowest BCUT2D eigenvalue weighted by Crippen LogP contribution is -2.44. The van der Waals surface area contributed by atoms with Gasteiger partial charge in [0.1, 0.15) is 6.54 Å². The Kier molecular flexibility index (Phi) is 9.00. The summed E-state index contributed by atoms with van der Waals surface area (Å²) < 4.78 is 11.0. The van der Waals surface area contributed by atoms with Crippen molar-refractivity contribution in [3.63, 3.8) is 0 Å². The maximum absolute atomic E-state index is 13.8. The molecule has 1 unspecified atom stereocenters. The molecule has 3 aromatic rings. The Labute approximate surface area is 231 Å². The van der Waals surface area contributed by atoms with E-state index in [-0.39, 0.29) is 31.1 Å². The van der Waals surface area contributed by atoms with Crippen molar-refractivity contribution in [2.24, 2.45) is 5.92 Å². The van der Waals surface area contributed by atoms with Crippen molar-refractivity contribution in [2.75, 3.05) is 19.9 Å². The first kappa shape index (κ1) is 27.3. The second-order valence-corrected chi connectivity index (χ2v) is 11.1. The molecular formula is C28H30Cl2N2O4S. The van der Waals surface area contributed by atoms with Crippen molar-refractivity contribution >= 4 is 46.4 Å². The molecule has 1 atom stereocenters. The smallest absolute Gasteiger partial charge is 0.254 e. The third kappa shape index (κ3) is 6.78. The number of ether oxygens (including phenoxy) is 2. The number of rotatable bonds is 10. The Morgan fingerprint density at radius 1 is 1.00 bits per heavy atom. The Bertz CT molecular complexity index is 1280. The van der Waals surface area contributed by atoms with Crippen molar-refractivity contribution in [3.8, 4) is 11.5 Å². The van der Waals surface area contributed by atoms with Crippen LogP contribution in [0.25, 0.3) is 0 Å². The highest BCUT2D eigenvalue weighted by Gasteiger charge is 2.25. The summed E-state index contributed by atoms with van der Waals surface area (Å²) in [5.74, 6) is 1.21. The topological polar surface area (TPSA) is 59.1 Å². The third-order valence-electron chi connectivity index (χ3n) is 6.47. The molecule has 2 amide bonds. The lowest BCUT2D eigenvalue weighted by Gasteiger charge is -2.29. The molecule has 0 aliphatic carbocycles. The second-order valence-electron chi connectivity index (χ2n) is 9.29. The van der Waals surface area contributed by atoms with Crippen molar-refractivity contribution < 1.29 is 19.1 Å². The molecule has 37 heavy (non-hydrogen) atoms. The van der Waals surface area contributed by atoms with Crippen LogP contribution in [-0.4, -0.2) is 41.5 Å². The van der Waals surface area contributed by atoms with E-state index in [2.05, 4.69) is 13.8 Å². The van der Waals surface area contributed by atoms with Gasteiger partial charge in [-0.25, -0.2) is 0 Å². The highest BCUT2D eigenvalue weighted by atomic mass is 35.5. The van der Waals surface area contributed by atoms with E-state index >= 15 is 0 Å². The molecule has 9 heteroatoms. The highest BCUT2D eigenvalue weighted by Crippen LogP contribution is 2.33. The van der Waals surface area contributed by atoms with E-state index in [1.807, 2.05) is 36.6 Å². The zero-order chi connectivity index (χ0) is 26.5. The van der Waals surface area contributed by atoms with Crippen molar-refractivity contribution in [1.29, 1.82) is 0 Å². The molecule has 0 fully saturated rings. The van der Waals surface area contributed by atoms with Crippen LogP contribution in [0.2, 0.25) is 10.0 Å². The molecule has 4 rings (SSSR count). The number of hydrogen-bond acceptors (Lipinski definition) is 5. The van der Waals surface area contributed by atoms with Gasteiger partial charge in [-0.15, -0.1) is 11.3 Å². The van der Waals surface area contributed by atoms with E-state index in [0.29, 0.717) is 46.7 Å². The number of aryl methyl sites for hydroxylation is 1. The largest absolute Gasteiger partial charge is 0.454 e. The van der Waals surface area contributed by atoms with Crippen LogP contribution >= 0.6 is 34.5 Å². The molecule has 2 aromatic carbocycles. The number of halogens is 2. The van der Waals surface area contributed by atoms with Crippen LogP contribution in [0.5, 0.6) is 11.5 Å². The van der Waals surface area contributed by atoms with Crippen LogP contribution < -0.4 is 9.47 Å². The molecule has 6 nitrogen and oxygen atoms in total. The fourth-order valence-corrected chi connectivity index (χ4v) is 5.25. The molecule has 1 aliphatic rings. The van der Waals surface area contributed by atoms with E-state index in [1.165, 1.54) is 0 Å². The molecule has 0 bridgehead atoms. The SMILES string of the molecule is CCC(C)CN(CC(=O)N(Cc1ccc2c(c1)OCO2)Cc1sccc1C)C(=O)c1ccc(Cl)c(Cl)c1. The third-order valence-corrected chi connectivity index (χ3v) is 8.22. The summed E-state index contributed by atoms with van der Waals surface area (Å²) in [6.07, 6.45) is 0.884. The van der Waals surface area contributed by atoms with E-state index in [4.69, 9.17) is 32.7 Å². The van der Waals surface area contributed by atoms with Crippen LogP contribution in [-0.2, 0) is 17.9 Å². The Morgan fingerprint density at radius 2 is 1.78 bits per heavy atom. The first-order valence-corrected chi connectivity index (χ1v) is 13.8. The van der Waals surface area contributed by atoms with Gasteiger partial charge in [0.15, 0.2) is 11.5 Å². The first-order chi connectivity index (χ1) is 17.7. The van der Waals surface area contributed by atoms with Gasteiger partial charge in [-0.3, -0.25) is 9.59 Å². The summed E-state index contributed by atoms with van der Waals surface area (Å²) in [6, 6.07) is 12.6. The summed E-state index contributed by atoms with van der Waals surface area (Å²) in [4.78, 5) is 31.8. The standard InChI is InChI=1S/C28H30Cl2N2O4S/c1-4-18(2)13-32(28(34)21-6-7-22(29)23(30)12-21)16-27(33)31(15-26-19(3)9-10-37-26)14-20-5-8-24-25(11-20)36-17-35-24/h5-12,18H,4,13-17H2,1-3H3. The van der Waals surface area contributed by atoms with Crippen molar-refractivity contribution in [3.05, 3.63) is 79.5 Å². The molecule has 0 spiro atoms. The van der Waals surface area contributed by atoms with Gasteiger partial charge in [-0.05, 0) is 65.7 Å². The summed E-state index contributed by atoms with van der Waals surface area (Å²) in [6.45, 7) is 7.61. The number of nitrogens with zero attached hydrogens (tertiary/aromatic N) is 2. The van der Waals surface area contributed by atoms with Gasteiger partial charge in [-0.1, -0.05) is 49.5 Å². The van der Waals surface area contributed by atoms with Gasteiger partial charge < -0.3 is 19.3 Å². The minimum Gasteiger partial charge on any atom is -0.454 e. The predicted octanol–water partition coefficient (Wildman–Crippen LogP) is 6.81. The number of hydrogen-bond donors (Lipinski definition) is 0. The van der Waals surface area contributed by atoms with Gasteiger partial charge in [0.2, 0.25) is 12.7 Å². The minimum absolute atomic E-state index is 0.0433. The van der Waals surface area contributed by atoms with Gasteiger partial charge in [0, 0.05) is 23.5 Å². The number of fused-ring (bicyclic) bond motifs is 1. The maximum atomic E-state index is 13.8. The molecular weight excluding hydrogens is 531 g/mol. The number of thiophene rings is 1. The Hall–Kier alpha value is -2.74. The molecule has 0 N–H and O–H groups in total. The van der Waals surface area contributed by atoms with E-state index in [1.54, 1.807) is 39.3 Å². The summed E-state index contributed by atoms with van der Waals surface area (Å²) in [7, 11) is 0. The molecule has 1 aliphatic heterocycles. The summed E-state index contributed by atoms with van der Waals surface area (Å²) >= 11 is 13.9. The number of carbonyl (C=O) groups excluding carboxylic acids is 2. The van der Waals surface area contributed by atoms with E-state index in [9.17, 15) is 9.59 Å². The number of carbonyl (C=O) groups is 2. The van der Waals surface area contributed by atoms with Crippen LogP contribution in [0, 0.1) is 12.8 Å². The van der Waals surface area contributed by atoms with Crippen LogP contribution in [0.4, 0.5) is 0 Å². The number of amides is 2. The van der Waals surface area contributed by atoms with E-state index in [0.717, 1.165) is 22.4 Å². The quantitative estimate of drug-likeness (QED) is 0.273. The fourth-order valence-electron chi connectivity index (χ4n) is 4.03. The average molecular weight is 562 g/mol. The molecule has 0 saturated heterocycles. The molecule has 2 heterocycles. The van der Waals surface area contributed by atoms with Gasteiger partial charge in [-0.2, -0.15) is 0 Å². The summed E-state index contributed by atoms with van der Waals surface area (Å²) in [5.41, 5.74) is 2.47. The predicted molar refractivity (Wildman–Crippen MR) is 148 cm³/mol. The number of benzene rings is 2. The highest BCUT2D eigenvalue weighted by molar-refractivity contribution is 7.10. The Morgan fingerprint density at radius 3 is 2.49 bits per heavy atom. The molecule has 1 aromatic heterocycles. The van der Waals surface area contributed by atoms with E-state index < -0.39 is 0 Å². The molecule has 0 saturated carbocycles. The molecule has 196 valence electrons. The normalized spacial score (nSPS) is 12.9.